The van der Waals surface area contributed by atoms with Gasteiger partial charge in [-0.15, -0.1) is 11.3 Å². The second-order valence-electron chi connectivity index (χ2n) is 5.09. The van der Waals surface area contributed by atoms with E-state index in [9.17, 15) is 10.1 Å². The molecule has 0 aliphatic carbocycles. The van der Waals surface area contributed by atoms with Crippen LogP contribution in [0.1, 0.15) is 26.5 Å². The minimum Gasteiger partial charge on any atom is -0.258 e. The van der Waals surface area contributed by atoms with Gasteiger partial charge < -0.3 is 0 Å². The zero-order chi connectivity index (χ0) is 13.3. The van der Waals surface area contributed by atoms with E-state index in [0.717, 1.165) is 16.3 Å². The van der Waals surface area contributed by atoms with Crippen LogP contribution in [0.3, 0.4) is 0 Å². The third kappa shape index (κ3) is 2.56. The average Bonchev–Trinajstić information content (AvgIpc) is 2.78. The lowest BCUT2D eigenvalue weighted by atomic mass is 9.93. The molecule has 0 aliphatic rings. The Balaban J connectivity index is 2.32. The highest BCUT2D eigenvalue weighted by molar-refractivity contribution is 7.13. The minimum atomic E-state index is -0.397. The van der Waals surface area contributed by atoms with Crippen molar-refractivity contribution >= 4 is 17.0 Å². The van der Waals surface area contributed by atoms with Crippen molar-refractivity contribution in [2.75, 3.05) is 0 Å². The van der Waals surface area contributed by atoms with Crippen LogP contribution in [0, 0.1) is 10.1 Å². The van der Waals surface area contributed by atoms with Crippen LogP contribution in [-0.2, 0) is 5.41 Å². The number of hydrogen-bond acceptors (Lipinski definition) is 4. The van der Waals surface area contributed by atoms with Crippen LogP contribution in [0.25, 0.3) is 10.6 Å². The predicted molar refractivity (Wildman–Crippen MR) is 72.9 cm³/mol. The van der Waals surface area contributed by atoms with E-state index in [2.05, 4.69) is 25.8 Å². The maximum atomic E-state index is 10.6. The van der Waals surface area contributed by atoms with E-state index in [1.165, 1.54) is 12.1 Å². The monoisotopic (exact) mass is 262 g/mol. The van der Waals surface area contributed by atoms with Gasteiger partial charge in [-0.3, -0.25) is 10.1 Å². The maximum Gasteiger partial charge on any atom is 0.269 e. The van der Waals surface area contributed by atoms with Crippen LogP contribution >= 0.6 is 11.3 Å². The van der Waals surface area contributed by atoms with E-state index in [-0.39, 0.29) is 11.1 Å². The lowest BCUT2D eigenvalue weighted by Gasteiger charge is -2.14. The van der Waals surface area contributed by atoms with Crippen molar-refractivity contribution in [2.24, 2.45) is 0 Å². The summed E-state index contributed by atoms with van der Waals surface area (Å²) >= 11 is 1.56. The van der Waals surface area contributed by atoms with E-state index >= 15 is 0 Å². The van der Waals surface area contributed by atoms with Crippen LogP contribution in [0.5, 0.6) is 0 Å². The first-order chi connectivity index (χ1) is 8.38. The van der Waals surface area contributed by atoms with Crippen molar-refractivity contribution in [3.63, 3.8) is 0 Å². The van der Waals surface area contributed by atoms with Crippen molar-refractivity contribution in [1.82, 2.24) is 4.98 Å². The van der Waals surface area contributed by atoms with E-state index in [0.29, 0.717) is 0 Å². The molecule has 0 fully saturated rings. The molecule has 4 nitrogen and oxygen atoms in total. The molecule has 2 aromatic rings. The van der Waals surface area contributed by atoms with Crippen molar-refractivity contribution in [1.29, 1.82) is 0 Å². The van der Waals surface area contributed by atoms with Crippen LogP contribution in [-0.4, -0.2) is 9.91 Å². The van der Waals surface area contributed by atoms with E-state index in [1.807, 2.05) is 5.38 Å². The molecule has 0 N–H and O–H groups in total. The fourth-order valence-electron chi connectivity index (χ4n) is 1.48. The van der Waals surface area contributed by atoms with Crippen LogP contribution in [0.4, 0.5) is 5.69 Å². The third-order valence-corrected chi connectivity index (χ3v) is 3.49. The highest BCUT2D eigenvalue weighted by Crippen LogP contribution is 2.30. The Morgan fingerprint density at radius 1 is 1.22 bits per heavy atom. The minimum absolute atomic E-state index is 0.0233. The number of nitrogens with zero attached hydrogens (tertiary/aromatic N) is 2. The lowest BCUT2D eigenvalue weighted by Crippen LogP contribution is -2.11. The van der Waals surface area contributed by atoms with Crippen molar-refractivity contribution in [3.05, 3.63) is 45.5 Å². The first-order valence-corrected chi connectivity index (χ1v) is 6.47. The standard InChI is InChI=1S/C13H14N2O2S/c1-13(2,3)11-8-18-12(14-11)9-4-6-10(7-5-9)15(16)17/h4-8H,1-3H3. The van der Waals surface area contributed by atoms with Gasteiger partial charge in [0.05, 0.1) is 10.6 Å². The predicted octanol–water partition coefficient (Wildman–Crippen LogP) is 4.02. The van der Waals surface area contributed by atoms with Gasteiger partial charge in [0, 0.05) is 28.5 Å². The van der Waals surface area contributed by atoms with E-state index in [1.54, 1.807) is 23.5 Å². The molecule has 0 unspecified atom stereocenters. The fourth-order valence-corrected chi connectivity index (χ4v) is 2.53. The number of nitro groups is 1. The number of thiazole rings is 1. The van der Waals surface area contributed by atoms with Crippen LogP contribution in [0.2, 0.25) is 0 Å². The van der Waals surface area contributed by atoms with Gasteiger partial charge in [0.25, 0.3) is 5.69 Å². The first-order valence-electron chi connectivity index (χ1n) is 5.59. The van der Waals surface area contributed by atoms with Crippen molar-refractivity contribution in [2.45, 2.75) is 26.2 Å². The Morgan fingerprint density at radius 2 is 1.83 bits per heavy atom. The Labute approximate surface area is 109 Å². The van der Waals surface area contributed by atoms with Crippen molar-refractivity contribution in [3.8, 4) is 10.6 Å². The zero-order valence-corrected chi connectivity index (χ0v) is 11.3. The SMILES string of the molecule is CC(C)(C)c1csc(-c2ccc([N+](=O)[O-])cc2)n1. The molecule has 0 aliphatic heterocycles. The largest absolute Gasteiger partial charge is 0.269 e. The molecule has 94 valence electrons. The molecule has 0 amide bonds. The zero-order valence-electron chi connectivity index (χ0n) is 10.5. The molecule has 5 heteroatoms. The smallest absolute Gasteiger partial charge is 0.258 e. The summed E-state index contributed by atoms with van der Waals surface area (Å²) in [5, 5.41) is 13.5. The summed E-state index contributed by atoms with van der Waals surface area (Å²) in [4.78, 5) is 14.8. The molecule has 0 bridgehead atoms. The Morgan fingerprint density at radius 3 is 2.28 bits per heavy atom. The molecule has 0 saturated carbocycles. The highest BCUT2D eigenvalue weighted by Gasteiger charge is 2.18. The van der Waals surface area contributed by atoms with Gasteiger partial charge in [-0.05, 0) is 12.1 Å². The van der Waals surface area contributed by atoms with Gasteiger partial charge in [-0.25, -0.2) is 4.98 Å². The highest BCUT2D eigenvalue weighted by atomic mass is 32.1. The topological polar surface area (TPSA) is 56.0 Å². The lowest BCUT2D eigenvalue weighted by molar-refractivity contribution is -0.384. The number of aromatic nitrogens is 1. The fraction of sp³-hybridized carbons (Fsp3) is 0.308. The molecule has 1 heterocycles. The number of rotatable bonds is 2. The van der Waals surface area contributed by atoms with Crippen LogP contribution in [0.15, 0.2) is 29.6 Å². The molecule has 0 spiro atoms. The molecule has 0 radical (unpaired) electrons. The molecular formula is C13H14N2O2S. The van der Waals surface area contributed by atoms with E-state index < -0.39 is 4.92 Å². The molecule has 1 aromatic heterocycles. The van der Waals surface area contributed by atoms with Gasteiger partial charge in [-0.2, -0.15) is 0 Å². The number of benzene rings is 1. The second-order valence-corrected chi connectivity index (χ2v) is 5.95. The third-order valence-electron chi connectivity index (χ3n) is 2.60. The summed E-state index contributed by atoms with van der Waals surface area (Å²) in [5.74, 6) is 0. The molecular weight excluding hydrogens is 248 g/mol. The number of non-ortho nitro benzene ring substituents is 1. The molecule has 0 saturated heterocycles. The Kier molecular flexibility index (Phi) is 3.17. The summed E-state index contributed by atoms with van der Waals surface area (Å²) < 4.78 is 0. The molecule has 1 aromatic carbocycles. The normalized spacial score (nSPS) is 11.5. The quantitative estimate of drug-likeness (QED) is 0.606. The average molecular weight is 262 g/mol. The Hall–Kier alpha value is -1.75. The summed E-state index contributed by atoms with van der Waals surface area (Å²) in [6, 6.07) is 6.49. The van der Waals surface area contributed by atoms with Gasteiger partial charge in [-0.1, -0.05) is 20.8 Å². The summed E-state index contributed by atoms with van der Waals surface area (Å²) in [7, 11) is 0. The molecule has 18 heavy (non-hydrogen) atoms. The number of nitro benzene ring substituents is 1. The van der Waals surface area contributed by atoms with Gasteiger partial charge in [0.1, 0.15) is 5.01 Å². The second kappa shape index (κ2) is 4.49. The first kappa shape index (κ1) is 12.7. The number of hydrogen-bond donors (Lipinski definition) is 0. The molecule has 0 atom stereocenters. The van der Waals surface area contributed by atoms with Gasteiger partial charge >= 0.3 is 0 Å². The molecule has 2 rings (SSSR count). The van der Waals surface area contributed by atoms with Crippen LogP contribution < -0.4 is 0 Å². The van der Waals surface area contributed by atoms with Crippen molar-refractivity contribution < 1.29 is 4.92 Å². The Bertz CT molecular complexity index is 567. The van der Waals surface area contributed by atoms with Gasteiger partial charge in [0.2, 0.25) is 0 Å². The van der Waals surface area contributed by atoms with Gasteiger partial charge in [0.15, 0.2) is 0 Å². The summed E-state index contributed by atoms with van der Waals surface area (Å²) in [6.45, 7) is 6.34. The van der Waals surface area contributed by atoms with E-state index in [4.69, 9.17) is 0 Å². The maximum absolute atomic E-state index is 10.6. The summed E-state index contributed by atoms with van der Waals surface area (Å²) in [6.07, 6.45) is 0. The summed E-state index contributed by atoms with van der Waals surface area (Å²) in [5.41, 5.74) is 2.09.